The van der Waals surface area contributed by atoms with Gasteiger partial charge in [-0.05, 0) is 38.6 Å². The summed E-state index contributed by atoms with van der Waals surface area (Å²) in [6, 6.07) is 0.797. The molecule has 0 aromatic heterocycles. The molecule has 1 saturated carbocycles. The fraction of sp³-hybridized carbons (Fsp3) is 1.00. The second-order valence-corrected chi connectivity index (χ2v) is 6.98. The Labute approximate surface area is 119 Å². The molecule has 2 heteroatoms. The standard InChI is InChI=1S/C17H33NO/c1-2-9-16-10-5-8-13-18(16)14-17(15-19)11-6-3-4-7-12-17/h16,19H,2-15H2,1H3. The van der Waals surface area contributed by atoms with Crippen molar-refractivity contribution in [3.63, 3.8) is 0 Å². The lowest BCUT2D eigenvalue weighted by Crippen LogP contribution is -2.47. The summed E-state index contributed by atoms with van der Waals surface area (Å²) >= 11 is 0. The highest BCUT2D eigenvalue weighted by molar-refractivity contribution is 4.88. The van der Waals surface area contributed by atoms with Crippen molar-refractivity contribution in [1.29, 1.82) is 0 Å². The quantitative estimate of drug-likeness (QED) is 0.762. The summed E-state index contributed by atoms with van der Waals surface area (Å²) in [7, 11) is 0. The average molecular weight is 267 g/mol. The molecule has 1 N–H and O–H groups in total. The van der Waals surface area contributed by atoms with Crippen molar-refractivity contribution in [2.75, 3.05) is 19.7 Å². The van der Waals surface area contributed by atoms with Crippen LogP contribution in [0.1, 0.15) is 77.6 Å². The number of hydrogen-bond acceptors (Lipinski definition) is 2. The van der Waals surface area contributed by atoms with Gasteiger partial charge in [0.15, 0.2) is 0 Å². The van der Waals surface area contributed by atoms with Crippen molar-refractivity contribution in [1.82, 2.24) is 4.90 Å². The number of aliphatic hydroxyl groups is 1. The third-order valence-corrected chi connectivity index (χ3v) is 5.41. The van der Waals surface area contributed by atoms with Crippen molar-refractivity contribution in [3.8, 4) is 0 Å². The van der Waals surface area contributed by atoms with Gasteiger partial charge in [0.05, 0.1) is 0 Å². The molecule has 1 unspecified atom stereocenters. The first-order valence-corrected chi connectivity index (χ1v) is 8.64. The van der Waals surface area contributed by atoms with Gasteiger partial charge in [-0.15, -0.1) is 0 Å². The predicted octanol–water partition coefficient (Wildman–Crippen LogP) is 3.97. The summed E-state index contributed by atoms with van der Waals surface area (Å²) in [6.07, 6.45) is 14.7. The fourth-order valence-corrected chi connectivity index (χ4v) is 4.20. The van der Waals surface area contributed by atoms with E-state index in [0.29, 0.717) is 6.61 Å². The molecule has 1 saturated heterocycles. The Morgan fingerprint density at radius 1 is 1.05 bits per heavy atom. The minimum Gasteiger partial charge on any atom is -0.396 e. The number of likely N-dealkylation sites (tertiary alicyclic amines) is 1. The molecule has 1 aliphatic heterocycles. The Balaban J connectivity index is 1.98. The van der Waals surface area contributed by atoms with E-state index in [9.17, 15) is 5.11 Å². The number of piperidine rings is 1. The molecule has 1 heterocycles. The zero-order valence-electron chi connectivity index (χ0n) is 12.9. The molecule has 112 valence electrons. The van der Waals surface area contributed by atoms with Gasteiger partial charge in [0.2, 0.25) is 0 Å². The lowest BCUT2D eigenvalue weighted by Gasteiger charge is -2.43. The van der Waals surface area contributed by atoms with Crippen LogP contribution in [-0.2, 0) is 0 Å². The number of hydrogen-bond donors (Lipinski definition) is 1. The minimum atomic E-state index is 0.222. The van der Waals surface area contributed by atoms with Gasteiger partial charge in [0.1, 0.15) is 0 Å². The van der Waals surface area contributed by atoms with E-state index in [0.717, 1.165) is 12.6 Å². The van der Waals surface area contributed by atoms with Gasteiger partial charge in [-0.2, -0.15) is 0 Å². The highest BCUT2D eigenvalue weighted by Crippen LogP contribution is 2.37. The van der Waals surface area contributed by atoms with Gasteiger partial charge in [0.25, 0.3) is 0 Å². The van der Waals surface area contributed by atoms with Crippen LogP contribution in [0.25, 0.3) is 0 Å². The molecule has 0 spiro atoms. The number of aliphatic hydroxyl groups excluding tert-OH is 1. The second-order valence-electron chi connectivity index (χ2n) is 6.98. The van der Waals surface area contributed by atoms with Crippen LogP contribution < -0.4 is 0 Å². The van der Waals surface area contributed by atoms with E-state index in [1.807, 2.05) is 0 Å². The van der Waals surface area contributed by atoms with Crippen LogP contribution >= 0.6 is 0 Å². The number of rotatable bonds is 5. The van der Waals surface area contributed by atoms with E-state index in [1.54, 1.807) is 0 Å². The molecule has 2 nitrogen and oxygen atoms in total. The molecule has 2 rings (SSSR count). The third kappa shape index (κ3) is 4.19. The Morgan fingerprint density at radius 3 is 2.42 bits per heavy atom. The van der Waals surface area contributed by atoms with Crippen LogP contribution in [0.15, 0.2) is 0 Å². The summed E-state index contributed by atoms with van der Waals surface area (Å²) in [4.78, 5) is 2.73. The Morgan fingerprint density at radius 2 is 1.79 bits per heavy atom. The maximum Gasteiger partial charge on any atom is 0.0499 e. The van der Waals surface area contributed by atoms with Crippen LogP contribution in [-0.4, -0.2) is 35.7 Å². The topological polar surface area (TPSA) is 23.5 Å². The number of nitrogens with zero attached hydrogens (tertiary/aromatic N) is 1. The van der Waals surface area contributed by atoms with E-state index in [4.69, 9.17) is 0 Å². The van der Waals surface area contributed by atoms with Crippen LogP contribution in [0, 0.1) is 5.41 Å². The van der Waals surface area contributed by atoms with Crippen molar-refractivity contribution in [3.05, 3.63) is 0 Å². The molecule has 1 aliphatic carbocycles. The second kappa shape index (κ2) is 7.64. The van der Waals surface area contributed by atoms with Crippen LogP contribution in [0.3, 0.4) is 0 Å². The molecule has 2 aliphatic rings. The van der Waals surface area contributed by atoms with E-state index in [2.05, 4.69) is 11.8 Å². The summed E-state index contributed by atoms with van der Waals surface area (Å²) < 4.78 is 0. The van der Waals surface area contributed by atoms with E-state index in [1.165, 1.54) is 77.2 Å². The highest BCUT2D eigenvalue weighted by atomic mass is 16.3. The first-order chi connectivity index (χ1) is 9.29. The zero-order valence-corrected chi connectivity index (χ0v) is 12.9. The highest BCUT2D eigenvalue weighted by Gasteiger charge is 2.34. The largest absolute Gasteiger partial charge is 0.396 e. The normalized spacial score (nSPS) is 29.1. The first kappa shape index (κ1) is 15.3. The Kier molecular flexibility index (Phi) is 6.15. The van der Waals surface area contributed by atoms with Crippen molar-refractivity contribution < 1.29 is 5.11 Å². The Bertz CT molecular complexity index is 244. The van der Waals surface area contributed by atoms with Crippen molar-refractivity contribution in [2.45, 2.75) is 83.6 Å². The van der Waals surface area contributed by atoms with E-state index < -0.39 is 0 Å². The van der Waals surface area contributed by atoms with E-state index in [-0.39, 0.29) is 5.41 Å². The predicted molar refractivity (Wildman–Crippen MR) is 81.3 cm³/mol. The van der Waals surface area contributed by atoms with Gasteiger partial charge in [0, 0.05) is 24.6 Å². The maximum absolute atomic E-state index is 9.99. The monoisotopic (exact) mass is 267 g/mol. The van der Waals surface area contributed by atoms with Crippen LogP contribution in [0.2, 0.25) is 0 Å². The van der Waals surface area contributed by atoms with Gasteiger partial charge in [-0.1, -0.05) is 45.4 Å². The maximum atomic E-state index is 9.99. The summed E-state index contributed by atoms with van der Waals surface area (Å²) in [5, 5.41) is 9.99. The van der Waals surface area contributed by atoms with Crippen LogP contribution in [0.5, 0.6) is 0 Å². The van der Waals surface area contributed by atoms with Crippen molar-refractivity contribution >= 4 is 0 Å². The summed E-state index contributed by atoms with van der Waals surface area (Å²) in [5.41, 5.74) is 0.222. The zero-order chi connectivity index (χ0) is 13.6. The summed E-state index contributed by atoms with van der Waals surface area (Å²) in [6.45, 7) is 5.14. The van der Waals surface area contributed by atoms with Gasteiger partial charge in [-0.3, -0.25) is 4.90 Å². The molecule has 0 aromatic carbocycles. The third-order valence-electron chi connectivity index (χ3n) is 5.41. The molecular formula is C17H33NO. The lowest BCUT2D eigenvalue weighted by molar-refractivity contribution is 0.0260. The molecular weight excluding hydrogens is 234 g/mol. The fourth-order valence-electron chi connectivity index (χ4n) is 4.20. The molecule has 0 radical (unpaired) electrons. The Hall–Kier alpha value is -0.0800. The molecule has 19 heavy (non-hydrogen) atoms. The molecule has 0 aromatic rings. The van der Waals surface area contributed by atoms with Gasteiger partial charge >= 0.3 is 0 Å². The molecule has 1 atom stereocenters. The molecule has 2 fully saturated rings. The summed E-state index contributed by atoms with van der Waals surface area (Å²) in [5.74, 6) is 0. The van der Waals surface area contributed by atoms with Crippen molar-refractivity contribution in [2.24, 2.45) is 5.41 Å². The van der Waals surface area contributed by atoms with Crippen LogP contribution in [0.4, 0.5) is 0 Å². The molecule has 0 bridgehead atoms. The SMILES string of the molecule is CCCC1CCCCN1CC1(CO)CCCCCC1. The first-order valence-electron chi connectivity index (χ1n) is 8.64. The lowest BCUT2D eigenvalue weighted by atomic mass is 9.79. The smallest absolute Gasteiger partial charge is 0.0499 e. The average Bonchev–Trinajstić information content (AvgIpc) is 2.68. The van der Waals surface area contributed by atoms with E-state index >= 15 is 0 Å². The van der Waals surface area contributed by atoms with Gasteiger partial charge in [-0.25, -0.2) is 0 Å². The minimum absolute atomic E-state index is 0.222. The molecule has 0 amide bonds. The van der Waals surface area contributed by atoms with Gasteiger partial charge < -0.3 is 5.11 Å².